The van der Waals surface area contributed by atoms with E-state index in [1.807, 2.05) is 0 Å². The quantitative estimate of drug-likeness (QED) is 0.653. The maximum Gasteiger partial charge on any atom is 0.455 e. The Morgan fingerprint density at radius 3 is 1.57 bits per heavy atom. The third-order valence-corrected chi connectivity index (χ3v) is 4.22. The molecule has 0 saturated heterocycles. The molecular formula is C8H17F3O2Si. The van der Waals surface area contributed by atoms with Crippen LogP contribution in [0.3, 0.4) is 0 Å². The minimum absolute atomic E-state index is 0.103. The summed E-state index contributed by atoms with van der Waals surface area (Å²) in [5, 5.41) is 0. The highest BCUT2D eigenvalue weighted by atomic mass is 28.4. The maximum absolute atomic E-state index is 12.6. The Bertz CT molecular complexity index is 153. The SMILES string of the molecule is CCCO[Si](C)(OCCC)C(F)(F)F. The molecule has 0 aromatic heterocycles. The van der Waals surface area contributed by atoms with Gasteiger partial charge in [-0.05, 0) is 19.4 Å². The van der Waals surface area contributed by atoms with Gasteiger partial charge < -0.3 is 8.85 Å². The summed E-state index contributed by atoms with van der Waals surface area (Å²) < 4.78 is 47.4. The van der Waals surface area contributed by atoms with Crippen molar-refractivity contribution in [2.45, 2.75) is 39.0 Å². The van der Waals surface area contributed by atoms with Gasteiger partial charge in [0.15, 0.2) is 0 Å². The molecule has 0 aliphatic carbocycles. The lowest BCUT2D eigenvalue weighted by atomic mass is 10.5. The molecule has 6 heteroatoms. The fourth-order valence-corrected chi connectivity index (χ4v) is 2.40. The number of rotatable bonds is 6. The summed E-state index contributed by atoms with van der Waals surface area (Å²) in [4.78, 5) is 0. The van der Waals surface area contributed by atoms with E-state index >= 15 is 0 Å². The first-order chi connectivity index (χ1) is 6.37. The summed E-state index contributed by atoms with van der Waals surface area (Å²) in [6.45, 7) is 4.80. The van der Waals surface area contributed by atoms with Gasteiger partial charge in [0.25, 0.3) is 0 Å². The standard InChI is InChI=1S/C8H17F3O2Si/c1-4-6-12-14(3,8(9,10)11)13-7-5-2/h4-7H2,1-3H3. The van der Waals surface area contributed by atoms with E-state index in [1.165, 1.54) is 0 Å². The van der Waals surface area contributed by atoms with E-state index in [9.17, 15) is 13.2 Å². The maximum atomic E-state index is 12.6. The summed E-state index contributed by atoms with van der Waals surface area (Å²) in [6.07, 6.45) is 1.13. The van der Waals surface area contributed by atoms with Gasteiger partial charge >= 0.3 is 14.4 Å². The van der Waals surface area contributed by atoms with Crippen LogP contribution in [0.4, 0.5) is 13.2 Å². The second kappa shape index (κ2) is 5.72. The Kier molecular flexibility index (Phi) is 5.69. The van der Waals surface area contributed by atoms with Gasteiger partial charge in [-0.3, -0.25) is 0 Å². The Morgan fingerprint density at radius 1 is 1.00 bits per heavy atom. The normalized spacial score (nSPS) is 13.3. The lowest BCUT2D eigenvalue weighted by Crippen LogP contribution is -2.53. The van der Waals surface area contributed by atoms with Crippen LogP contribution in [0.5, 0.6) is 0 Å². The van der Waals surface area contributed by atoms with Crippen molar-refractivity contribution in [2.24, 2.45) is 0 Å². The van der Waals surface area contributed by atoms with Crippen molar-refractivity contribution < 1.29 is 22.0 Å². The molecule has 0 rings (SSSR count). The first kappa shape index (κ1) is 13.9. The van der Waals surface area contributed by atoms with Gasteiger partial charge in [-0.15, -0.1) is 0 Å². The summed E-state index contributed by atoms with van der Waals surface area (Å²) in [7, 11) is -3.99. The summed E-state index contributed by atoms with van der Waals surface area (Å²) in [5.41, 5.74) is 0. The summed E-state index contributed by atoms with van der Waals surface area (Å²) >= 11 is 0. The molecule has 0 atom stereocenters. The summed E-state index contributed by atoms with van der Waals surface area (Å²) in [6, 6.07) is 0. The zero-order chi connectivity index (χ0) is 11.2. The molecule has 86 valence electrons. The molecule has 0 radical (unpaired) electrons. The number of hydrogen-bond donors (Lipinski definition) is 0. The molecule has 0 saturated carbocycles. The molecule has 0 aromatic rings. The second-order valence-electron chi connectivity index (χ2n) is 3.14. The van der Waals surface area contributed by atoms with Crippen molar-refractivity contribution >= 4 is 8.56 Å². The van der Waals surface area contributed by atoms with Crippen molar-refractivity contribution in [3.63, 3.8) is 0 Å². The van der Waals surface area contributed by atoms with Gasteiger partial charge in [0.2, 0.25) is 0 Å². The van der Waals surface area contributed by atoms with Gasteiger partial charge in [0, 0.05) is 13.2 Å². The highest BCUT2D eigenvalue weighted by molar-refractivity contribution is 6.68. The van der Waals surface area contributed by atoms with Crippen LogP contribution in [0, 0.1) is 0 Å². The van der Waals surface area contributed by atoms with Crippen LogP contribution in [0.2, 0.25) is 6.55 Å². The van der Waals surface area contributed by atoms with Gasteiger partial charge in [-0.25, -0.2) is 0 Å². The molecule has 0 aromatic carbocycles. The van der Waals surface area contributed by atoms with Crippen molar-refractivity contribution in [1.29, 1.82) is 0 Å². The third kappa shape index (κ3) is 3.98. The zero-order valence-corrected chi connectivity index (χ0v) is 9.78. The van der Waals surface area contributed by atoms with Gasteiger partial charge in [0.1, 0.15) is 0 Å². The minimum atomic E-state index is -4.35. The molecule has 0 bridgehead atoms. The van der Waals surface area contributed by atoms with Gasteiger partial charge in [0.05, 0.1) is 0 Å². The Labute approximate surface area is 83.6 Å². The molecule has 0 heterocycles. The monoisotopic (exact) mass is 230 g/mol. The Morgan fingerprint density at radius 2 is 1.36 bits per heavy atom. The molecule has 2 nitrogen and oxygen atoms in total. The van der Waals surface area contributed by atoms with Crippen LogP contribution in [-0.4, -0.2) is 27.6 Å². The molecule has 0 aliphatic rings. The van der Waals surface area contributed by atoms with E-state index in [2.05, 4.69) is 0 Å². The Hall–Kier alpha value is -0.0731. The molecule has 0 spiro atoms. The smallest absolute Gasteiger partial charge is 0.389 e. The largest absolute Gasteiger partial charge is 0.455 e. The Balaban J connectivity index is 4.33. The van der Waals surface area contributed by atoms with Crippen LogP contribution in [0.1, 0.15) is 26.7 Å². The highest BCUT2D eigenvalue weighted by Crippen LogP contribution is 2.30. The predicted molar refractivity (Wildman–Crippen MR) is 50.2 cm³/mol. The van der Waals surface area contributed by atoms with E-state index in [-0.39, 0.29) is 13.2 Å². The topological polar surface area (TPSA) is 18.5 Å². The van der Waals surface area contributed by atoms with E-state index < -0.39 is 14.4 Å². The average molecular weight is 230 g/mol. The van der Waals surface area contributed by atoms with Crippen LogP contribution >= 0.6 is 0 Å². The predicted octanol–water partition coefficient (Wildman–Crippen LogP) is 3.01. The van der Waals surface area contributed by atoms with Crippen LogP contribution in [-0.2, 0) is 8.85 Å². The average Bonchev–Trinajstić information content (AvgIpc) is 2.09. The van der Waals surface area contributed by atoms with Gasteiger partial charge in [-0.1, -0.05) is 13.8 Å². The third-order valence-electron chi connectivity index (χ3n) is 1.68. The molecule has 0 unspecified atom stereocenters. The first-order valence-electron chi connectivity index (χ1n) is 4.72. The number of alkyl halides is 3. The lowest BCUT2D eigenvalue weighted by Gasteiger charge is -2.28. The second-order valence-corrected chi connectivity index (χ2v) is 6.18. The molecule has 0 amide bonds. The molecule has 14 heavy (non-hydrogen) atoms. The number of hydrogen-bond acceptors (Lipinski definition) is 2. The van der Waals surface area contributed by atoms with Crippen LogP contribution in [0.15, 0.2) is 0 Å². The first-order valence-corrected chi connectivity index (χ1v) is 7.03. The molecule has 0 aliphatic heterocycles. The van der Waals surface area contributed by atoms with Crippen molar-refractivity contribution in [3.05, 3.63) is 0 Å². The van der Waals surface area contributed by atoms with E-state index in [1.54, 1.807) is 13.8 Å². The molecule has 0 N–H and O–H groups in total. The van der Waals surface area contributed by atoms with Gasteiger partial charge in [-0.2, -0.15) is 13.2 Å². The fraction of sp³-hybridized carbons (Fsp3) is 1.00. The van der Waals surface area contributed by atoms with E-state index in [0.717, 1.165) is 6.55 Å². The zero-order valence-electron chi connectivity index (χ0n) is 8.78. The van der Waals surface area contributed by atoms with Crippen molar-refractivity contribution in [2.75, 3.05) is 13.2 Å². The van der Waals surface area contributed by atoms with Crippen LogP contribution in [0.25, 0.3) is 0 Å². The van der Waals surface area contributed by atoms with Crippen molar-refractivity contribution in [3.8, 4) is 0 Å². The van der Waals surface area contributed by atoms with Crippen LogP contribution < -0.4 is 0 Å². The highest BCUT2D eigenvalue weighted by Gasteiger charge is 2.58. The minimum Gasteiger partial charge on any atom is -0.389 e. The molecular weight excluding hydrogens is 213 g/mol. The van der Waals surface area contributed by atoms with E-state index in [0.29, 0.717) is 12.8 Å². The van der Waals surface area contributed by atoms with Crippen molar-refractivity contribution in [1.82, 2.24) is 0 Å². The lowest BCUT2D eigenvalue weighted by molar-refractivity contribution is -0.0983. The summed E-state index contributed by atoms with van der Waals surface area (Å²) in [5.74, 6) is -4.35. The number of halogens is 3. The molecule has 0 fully saturated rings. The fourth-order valence-electron chi connectivity index (χ4n) is 0.799. The van der Waals surface area contributed by atoms with E-state index in [4.69, 9.17) is 8.85 Å².